The highest BCUT2D eigenvalue weighted by atomic mass is 32.2. The largest absolute Gasteiger partial charge is 0.490 e. The summed E-state index contributed by atoms with van der Waals surface area (Å²) < 4.78 is 11.7. The van der Waals surface area contributed by atoms with E-state index >= 15 is 0 Å². The Labute approximate surface area is 157 Å². The van der Waals surface area contributed by atoms with Crippen molar-refractivity contribution in [3.05, 3.63) is 59.2 Å². The normalized spacial score (nSPS) is 19.3. The highest BCUT2D eigenvalue weighted by Gasteiger charge is 2.31. The van der Waals surface area contributed by atoms with E-state index < -0.39 is 12.0 Å². The lowest BCUT2D eigenvalue weighted by Crippen LogP contribution is -2.33. The van der Waals surface area contributed by atoms with E-state index in [1.807, 2.05) is 50.2 Å². The molecule has 5 nitrogen and oxygen atoms in total. The average Bonchev–Trinajstić information content (AvgIpc) is 3.08. The number of nitrogens with one attached hydrogen (secondary N) is 1. The fourth-order valence-corrected chi connectivity index (χ4v) is 4.21. The molecule has 0 aromatic heterocycles. The second kappa shape index (κ2) is 8.47. The molecule has 2 atom stereocenters. The van der Waals surface area contributed by atoms with E-state index in [0.717, 1.165) is 17.1 Å². The van der Waals surface area contributed by atoms with Crippen molar-refractivity contribution in [2.75, 3.05) is 19.0 Å². The van der Waals surface area contributed by atoms with E-state index in [1.165, 1.54) is 11.1 Å². The number of hydrogen-bond donors (Lipinski definition) is 2. The highest BCUT2D eigenvalue weighted by molar-refractivity contribution is 7.99. The molecule has 0 saturated carbocycles. The molecule has 1 heterocycles. The molecular formula is C20H23NO4S. The van der Waals surface area contributed by atoms with Gasteiger partial charge in [-0.3, -0.25) is 10.1 Å². The lowest BCUT2D eigenvalue weighted by molar-refractivity contribution is -0.138. The summed E-state index contributed by atoms with van der Waals surface area (Å²) in [5.41, 5.74) is 3.31. The second-order valence-corrected chi connectivity index (χ2v) is 7.47. The van der Waals surface area contributed by atoms with Crippen LogP contribution in [0.25, 0.3) is 0 Å². The van der Waals surface area contributed by atoms with E-state index in [4.69, 9.17) is 14.6 Å². The third kappa shape index (κ3) is 4.71. The number of para-hydroxylation sites is 1. The van der Waals surface area contributed by atoms with Crippen LogP contribution in [-0.4, -0.2) is 36.1 Å². The summed E-state index contributed by atoms with van der Waals surface area (Å²) in [5.74, 6) is 1.33. The molecule has 2 aromatic carbocycles. The third-order valence-corrected chi connectivity index (χ3v) is 5.34. The summed E-state index contributed by atoms with van der Waals surface area (Å²) in [5, 5.41) is 12.2. The summed E-state index contributed by atoms with van der Waals surface area (Å²) in [7, 11) is 0. The van der Waals surface area contributed by atoms with E-state index in [2.05, 4.69) is 11.4 Å². The van der Waals surface area contributed by atoms with Crippen molar-refractivity contribution in [2.24, 2.45) is 0 Å². The van der Waals surface area contributed by atoms with Gasteiger partial charge in [-0.25, -0.2) is 0 Å². The molecule has 3 rings (SSSR count). The van der Waals surface area contributed by atoms with E-state index in [9.17, 15) is 4.79 Å². The summed E-state index contributed by atoms with van der Waals surface area (Å²) in [4.78, 5) is 11.1. The monoisotopic (exact) mass is 373 g/mol. The van der Waals surface area contributed by atoms with Crippen molar-refractivity contribution in [2.45, 2.75) is 25.3 Å². The molecule has 6 heteroatoms. The first-order chi connectivity index (χ1) is 12.5. The summed E-state index contributed by atoms with van der Waals surface area (Å²) in [6.45, 7) is 4.95. The summed E-state index contributed by atoms with van der Waals surface area (Å²) in [6, 6.07) is 13.3. The molecule has 26 heavy (non-hydrogen) atoms. The number of benzene rings is 2. The molecule has 2 aromatic rings. The fraction of sp³-hybridized carbons (Fsp3) is 0.350. The first-order valence-electron chi connectivity index (χ1n) is 8.56. The summed E-state index contributed by atoms with van der Waals surface area (Å²) >= 11 is 1.58. The van der Waals surface area contributed by atoms with Gasteiger partial charge < -0.3 is 14.6 Å². The smallest absolute Gasteiger partial charge is 0.321 e. The topological polar surface area (TPSA) is 67.8 Å². The molecule has 1 aliphatic heterocycles. The van der Waals surface area contributed by atoms with Gasteiger partial charge in [-0.15, -0.1) is 11.8 Å². The van der Waals surface area contributed by atoms with E-state index in [1.54, 1.807) is 11.8 Å². The Kier molecular flexibility index (Phi) is 6.06. The van der Waals surface area contributed by atoms with Gasteiger partial charge in [-0.1, -0.05) is 24.3 Å². The fourth-order valence-electron chi connectivity index (χ4n) is 2.95. The van der Waals surface area contributed by atoms with Crippen LogP contribution in [0.15, 0.2) is 42.5 Å². The SMILES string of the molecule is Cc1cc(C)cc(OCCOc2ccccc2C2NC(C(=O)O)CS2)c1. The number of aryl methyl sites for hydroxylation is 2. The minimum Gasteiger partial charge on any atom is -0.490 e. The van der Waals surface area contributed by atoms with Gasteiger partial charge in [0.2, 0.25) is 0 Å². The number of carboxylic acid groups (broad SMARTS) is 1. The van der Waals surface area contributed by atoms with Crippen LogP contribution in [0.4, 0.5) is 0 Å². The molecule has 2 N–H and O–H groups in total. The summed E-state index contributed by atoms with van der Waals surface area (Å²) in [6.07, 6.45) is 0. The van der Waals surface area contributed by atoms with Gasteiger partial charge in [0.15, 0.2) is 0 Å². The van der Waals surface area contributed by atoms with Crippen LogP contribution in [-0.2, 0) is 4.79 Å². The van der Waals surface area contributed by atoms with Crippen LogP contribution in [0, 0.1) is 13.8 Å². The van der Waals surface area contributed by atoms with Gasteiger partial charge in [0.05, 0.1) is 5.37 Å². The zero-order chi connectivity index (χ0) is 18.5. The molecule has 1 fully saturated rings. The number of carbonyl (C=O) groups is 1. The quantitative estimate of drug-likeness (QED) is 0.724. The predicted molar refractivity (Wildman–Crippen MR) is 103 cm³/mol. The number of hydrogen-bond acceptors (Lipinski definition) is 5. The van der Waals surface area contributed by atoms with Gasteiger partial charge in [-0.05, 0) is 43.2 Å². The molecule has 2 unspecified atom stereocenters. The van der Waals surface area contributed by atoms with Gasteiger partial charge >= 0.3 is 5.97 Å². The lowest BCUT2D eigenvalue weighted by atomic mass is 10.1. The standard InChI is InChI=1S/C20H23NO4S/c1-13-9-14(2)11-15(10-13)24-7-8-25-18-6-4-3-5-16(18)19-21-17(12-26-19)20(22)23/h3-6,9-11,17,19,21H,7-8,12H2,1-2H3,(H,22,23). The Bertz CT molecular complexity index is 760. The minimum atomic E-state index is -0.819. The maximum atomic E-state index is 11.1. The predicted octanol–water partition coefficient (Wildman–Crippen LogP) is 3.55. The van der Waals surface area contributed by atoms with Crippen molar-refractivity contribution in [1.82, 2.24) is 5.32 Å². The van der Waals surface area contributed by atoms with Crippen LogP contribution in [0.3, 0.4) is 0 Å². The van der Waals surface area contributed by atoms with Crippen LogP contribution < -0.4 is 14.8 Å². The number of ether oxygens (including phenoxy) is 2. The Morgan fingerprint density at radius 2 is 1.85 bits per heavy atom. The molecule has 0 radical (unpaired) electrons. The van der Waals surface area contributed by atoms with Gasteiger partial charge in [-0.2, -0.15) is 0 Å². The van der Waals surface area contributed by atoms with Crippen LogP contribution >= 0.6 is 11.8 Å². The Balaban J connectivity index is 1.56. The van der Waals surface area contributed by atoms with Crippen molar-refractivity contribution in [3.63, 3.8) is 0 Å². The third-order valence-electron chi connectivity index (χ3n) is 4.09. The zero-order valence-corrected chi connectivity index (χ0v) is 15.7. The molecule has 0 aliphatic carbocycles. The number of carboxylic acids is 1. The number of aliphatic carboxylic acids is 1. The molecule has 0 amide bonds. The van der Waals surface area contributed by atoms with Gasteiger partial charge in [0, 0.05) is 11.3 Å². The maximum Gasteiger partial charge on any atom is 0.321 e. The van der Waals surface area contributed by atoms with Crippen molar-refractivity contribution >= 4 is 17.7 Å². The zero-order valence-electron chi connectivity index (χ0n) is 14.9. The van der Waals surface area contributed by atoms with E-state index in [-0.39, 0.29) is 5.37 Å². The van der Waals surface area contributed by atoms with Crippen LogP contribution in [0.1, 0.15) is 22.1 Å². The van der Waals surface area contributed by atoms with Crippen LogP contribution in [0.2, 0.25) is 0 Å². The van der Waals surface area contributed by atoms with Crippen molar-refractivity contribution < 1.29 is 19.4 Å². The highest BCUT2D eigenvalue weighted by Crippen LogP contribution is 2.37. The van der Waals surface area contributed by atoms with Crippen molar-refractivity contribution in [1.29, 1.82) is 0 Å². The van der Waals surface area contributed by atoms with Gasteiger partial charge in [0.25, 0.3) is 0 Å². The molecule has 1 saturated heterocycles. The first kappa shape index (κ1) is 18.6. The van der Waals surface area contributed by atoms with Gasteiger partial charge in [0.1, 0.15) is 30.8 Å². The number of thioether (sulfide) groups is 1. The average molecular weight is 373 g/mol. The molecule has 0 bridgehead atoms. The Hall–Kier alpha value is -2.18. The molecule has 1 aliphatic rings. The first-order valence-corrected chi connectivity index (χ1v) is 9.61. The van der Waals surface area contributed by atoms with E-state index in [0.29, 0.717) is 19.0 Å². The lowest BCUT2D eigenvalue weighted by Gasteiger charge is -2.17. The second-order valence-electron chi connectivity index (χ2n) is 6.33. The van der Waals surface area contributed by atoms with Crippen molar-refractivity contribution in [3.8, 4) is 11.5 Å². The Morgan fingerprint density at radius 3 is 2.54 bits per heavy atom. The minimum absolute atomic E-state index is 0.0763. The molecule has 0 spiro atoms. The molecular weight excluding hydrogens is 350 g/mol. The van der Waals surface area contributed by atoms with Crippen LogP contribution in [0.5, 0.6) is 11.5 Å². The number of rotatable bonds is 7. The Morgan fingerprint density at radius 1 is 1.15 bits per heavy atom. The maximum absolute atomic E-state index is 11.1. The molecule has 138 valence electrons.